The van der Waals surface area contributed by atoms with Gasteiger partial charge >= 0.3 is 0 Å². The van der Waals surface area contributed by atoms with Crippen molar-refractivity contribution in [1.82, 2.24) is 10.6 Å². The fraction of sp³-hybridized carbons (Fsp3) is 0.667. The van der Waals surface area contributed by atoms with Crippen LogP contribution in [0, 0.1) is 5.41 Å². The summed E-state index contributed by atoms with van der Waals surface area (Å²) in [6.45, 7) is 4.82. The van der Waals surface area contributed by atoms with Crippen molar-refractivity contribution < 1.29 is 14.6 Å². The summed E-state index contributed by atoms with van der Waals surface area (Å²) in [4.78, 5) is 4.41. The summed E-state index contributed by atoms with van der Waals surface area (Å²) in [6.07, 6.45) is 3.73. The zero-order valence-corrected chi connectivity index (χ0v) is 16.4. The molecule has 0 bridgehead atoms. The molecule has 150 valence electrons. The lowest BCUT2D eigenvalue weighted by molar-refractivity contribution is 0.0513. The molecular weight excluding hydrogens is 342 g/mol. The fourth-order valence-corrected chi connectivity index (χ4v) is 4.18. The van der Waals surface area contributed by atoms with Gasteiger partial charge in [-0.05, 0) is 31.2 Å². The van der Waals surface area contributed by atoms with Crippen LogP contribution < -0.4 is 10.6 Å². The number of rotatable bonds is 7. The molecule has 1 atom stereocenters. The van der Waals surface area contributed by atoms with E-state index in [-0.39, 0.29) is 17.4 Å². The molecule has 1 unspecified atom stereocenters. The van der Waals surface area contributed by atoms with Gasteiger partial charge in [0.25, 0.3) is 0 Å². The first-order valence-corrected chi connectivity index (χ1v) is 9.98. The lowest BCUT2D eigenvalue weighted by Gasteiger charge is -2.38. The Bertz CT molecular complexity index is 594. The van der Waals surface area contributed by atoms with Gasteiger partial charge in [0.15, 0.2) is 5.96 Å². The number of hydrogen-bond donors (Lipinski definition) is 3. The van der Waals surface area contributed by atoms with Crippen LogP contribution >= 0.6 is 0 Å². The second-order valence-corrected chi connectivity index (χ2v) is 7.81. The minimum absolute atomic E-state index is 0.00215. The normalized spacial score (nSPS) is 25.3. The van der Waals surface area contributed by atoms with E-state index in [2.05, 4.69) is 46.0 Å². The van der Waals surface area contributed by atoms with Crippen molar-refractivity contribution in [2.24, 2.45) is 10.4 Å². The second kappa shape index (κ2) is 9.53. The molecule has 1 aromatic rings. The summed E-state index contributed by atoms with van der Waals surface area (Å²) >= 11 is 0. The first-order valence-electron chi connectivity index (χ1n) is 9.98. The van der Waals surface area contributed by atoms with E-state index in [1.807, 2.05) is 0 Å². The first-order chi connectivity index (χ1) is 13.2. The van der Waals surface area contributed by atoms with Gasteiger partial charge in [0, 0.05) is 57.4 Å². The maximum absolute atomic E-state index is 9.41. The Kier molecular flexibility index (Phi) is 7.10. The predicted molar refractivity (Wildman–Crippen MR) is 107 cm³/mol. The van der Waals surface area contributed by atoms with Crippen molar-refractivity contribution >= 4 is 5.96 Å². The van der Waals surface area contributed by atoms with Gasteiger partial charge in [-0.2, -0.15) is 0 Å². The van der Waals surface area contributed by atoms with E-state index >= 15 is 0 Å². The monoisotopic (exact) mass is 375 g/mol. The molecule has 2 saturated heterocycles. The highest BCUT2D eigenvalue weighted by molar-refractivity contribution is 5.79. The Morgan fingerprint density at radius 2 is 1.74 bits per heavy atom. The van der Waals surface area contributed by atoms with E-state index in [1.165, 1.54) is 5.56 Å². The molecule has 2 aliphatic heterocycles. The van der Waals surface area contributed by atoms with Gasteiger partial charge in [0.2, 0.25) is 0 Å². The molecule has 27 heavy (non-hydrogen) atoms. The number of guanidine groups is 1. The van der Waals surface area contributed by atoms with E-state index in [9.17, 15) is 5.11 Å². The number of nitrogens with zero attached hydrogens (tertiary/aromatic N) is 1. The van der Waals surface area contributed by atoms with Crippen molar-refractivity contribution in [2.45, 2.75) is 31.1 Å². The molecule has 0 spiro atoms. The SMILES string of the molecule is CN=C(NCC1(CCO)CCOC1)NCC1(c2ccccc2)CCOCC1. The van der Waals surface area contributed by atoms with Crippen molar-refractivity contribution in [3.05, 3.63) is 35.9 Å². The van der Waals surface area contributed by atoms with Gasteiger partial charge in [-0.25, -0.2) is 0 Å². The standard InChI is InChI=1S/C21H33N3O3/c1-22-19(23-15-20(7-11-25)8-12-27-17-20)24-16-21(9-13-26-14-10-21)18-5-3-2-4-6-18/h2-6,25H,7-17H2,1H3,(H2,22,23,24). The maximum Gasteiger partial charge on any atom is 0.191 e. The van der Waals surface area contributed by atoms with Crippen LogP contribution in [0.25, 0.3) is 0 Å². The summed E-state index contributed by atoms with van der Waals surface area (Å²) < 4.78 is 11.2. The number of ether oxygens (including phenoxy) is 2. The smallest absolute Gasteiger partial charge is 0.191 e. The summed E-state index contributed by atoms with van der Waals surface area (Å²) in [5.41, 5.74) is 1.43. The molecule has 2 aliphatic rings. The number of aliphatic hydroxyl groups is 1. The van der Waals surface area contributed by atoms with E-state index in [1.54, 1.807) is 7.05 Å². The fourth-order valence-electron chi connectivity index (χ4n) is 4.18. The lowest BCUT2D eigenvalue weighted by Crippen LogP contribution is -2.50. The molecule has 2 heterocycles. The number of benzene rings is 1. The number of nitrogens with one attached hydrogen (secondary N) is 2. The van der Waals surface area contributed by atoms with Crippen LogP contribution in [0.2, 0.25) is 0 Å². The zero-order valence-electron chi connectivity index (χ0n) is 16.4. The van der Waals surface area contributed by atoms with Gasteiger partial charge in [0.05, 0.1) is 6.61 Å². The van der Waals surface area contributed by atoms with E-state index in [0.717, 1.165) is 64.6 Å². The first kappa shape index (κ1) is 20.1. The number of hydrogen-bond acceptors (Lipinski definition) is 4. The van der Waals surface area contributed by atoms with Crippen molar-refractivity contribution in [3.8, 4) is 0 Å². The molecule has 0 aromatic heterocycles. The van der Waals surface area contributed by atoms with Crippen molar-refractivity contribution in [1.29, 1.82) is 0 Å². The molecule has 6 nitrogen and oxygen atoms in total. The maximum atomic E-state index is 9.41. The molecule has 3 N–H and O–H groups in total. The third kappa shape index (κ3) is 5.00. The summed E-state index contributed by atoms with van der Waals surface area (Å²) in [5, 5.41) is 16.4. The molecule has 3 rings (SSSR count). The number of aliphatic imine (C=N–C) groups is 1. The Hall–Kier alpha value is -1.63. The highest BCUT2D eigenvalue weighted by Gasteiger charge is 2.36. The van der Waals surface area contributed by atoms with Crippen LogP contribution in [0.1, 0.15) is 31.2 Å². The van der Waals surface area contributed by atoms with Gasteiger partial charge in [-0.1, -0.05) is 30.3 Å². The summed E-state index contributed by atoms with van der Waals surface area (Å²) in [5.74, 6) is 0.806. The average molecular weight is 376 g/mol. The lowest BCUT2D eigenvalue weighted by atomic mass is 9.74. The van der Waals surface area contributed by atoms with E-state index in [4.69, 9.17) is 9.47 Å². The Labute approximate surface area is 162 Å². The zero-order chi connectivity index (χ0) is 19.0. The van der Waals surface area contributed by atoms with Gasteiger partial charge in [0.1, 0.15) is 0 Å². The Balaban J connectivity index is 1.61. The molecule has 1 aromatic carbocycles. The Morgan fingerprint density at radius 1 is 1.04 bits per heavy atom. The Morgan fingerprint density at radius 3 is 2.37 bits per heavy atom. The van der Waals surface area contributed by atoms with Crippen LogP contribution in [0.15, 0.2) is 35.3 Å². The van der Waals surface area contributed by atoms with Gasteiger partial charge in [-0.3, -0.25) is 4.99 Å². The van der Waals surface area contributed by atoms with Crippen LogP contribution in [0.5, 0.6) is 0 Å². The second-order valence-electron chi connectivity index (χ2n) is 7.81. The van der Waals surface area contributed by atoms with Crippen molar-refractivity contribution in [2.75, 3.05) is 53.2 Å². The van der Waals surface area contributed by atoms with Crippen LogP contribution in [-0.4, -0.2) is 64.2 Å². The minimum Gasteiger partial charge on any atom is -0.396 e. The minimum atomic E-state index is 0.00215. The summed E-state index contributed by atoms with van der Waals surface area (Å²) in [6, 6.07) is 10.7. The topological polar surface area (TPSA) is 75.1 Å². The van der Waals surface area contributed by atoms with Crippen molar-refractivity contribution in [3.63, 3.8) is 0 Å². The van der Waals surface area contributed by atoms with Crippen LogP contribution in [0.4, 0.5) is 0 Å². The third-order valence-electron chi connectivity index (χ3n) is 6.11. The van der Waals surface area contributed by atoms with E-state index < -0.39 is 0 Å². The molecule has 2 fully saturated rings. The van der Waals surface area contributed by atoms with E-state index in [0.29, 0.717) is 6.61 Å². The molecule has 6 heteroatoms. The third-order valence-corrected chi connectivity index (χ3v) is 6.11. The highest BCUT2D eigenvalue weighted by atomic mass is 16.5. The molecule has 0 radical (unpaired) electrons. The number of aliphatic hydroxyl groups excluding tert-OH is 1. The average Bonchev–Trinajstić information content (AvgIpc) is 3.18. The predicted octanol–water partition coefficient (Wildman–Crippen LogP) is 1.69. The van der Waals surface area contributed by atoms with Gasteiger partial charge in [-0.15, -0.1) is 0 Å². The molecule has 0 amide bonds. The highest BCUT2D eigenvalue weighted by Crippen LogP contribution is 2.34. The van der Waals surface area contributed by atoms with Crippen LogP contribution in [0.3, 0.4) is 0 Å². The molecule has 0 aliphatic carbocycles. The quantitative estimate of drug-likeness (QED) is 0.500. The van der Waals surface area contributed by atoms with Gasteiger partial charge < -0.3 is 25.2 Å². The van der Waals surface area contributed by atoms with Crippen LogP contribution in [-0.2, 0) is 14.9 Å². The summed E-state index contributed by atoms with van der Waals surface area (Å²) in [7, 11) is 1.80. The molecular formula is C21H33N3O3. The largest absolute Gasteiger partial charge is 0.396 e. The molecule has 0 saturated carbocycles.